The molecule has 0 aromatic heterocycles. The third kappa shape index (κ3) is 23.9. The Labute approximate surface area is 384 Å². The number of halogens is 2. The Kier molecular flexibility index (Phi) is 27.8. The van der Waals surface area contributed by atoms with Crippen LogP contribution in [0.5, 0.6) is 0 Å². The van der Waals surface area contributed by atoms with Gasteiger partial charge in [-0.25, -0.2) is 0 Å². The van der Waals surface area contributed by atoms with Gasteiger partial charge in [0, 0.05) is 26.1 Å². The first-order valence-electron chi connectivity index (χ1n) is 22.3. The second-order valence-corrected chi connectivity index (χ2v) is 31.6. The van der Waals surface area contributed by atoms with Gasteiger partial charge in [-0.05, 0) is 117 Å². The van der Waals surface area contributed by atoms with Gasteiger partial charge in [0.05, 0.1) is 24.0 Å². The van der Waals surface area contributed by atoms with Crippen molar-refractivity contribution in [2.75, 3.05) is 39.6 Å². The van der Waals surface area contributed by atoms with Crippen molar-refractivity contribution in [2.24, 2.45) is 10.8 Å². The van der Waals surface area contributed by atoms with Gasteiger partial charge < -0.3 is 27.8 Å². The summed E-state index contributed by atoms with van der Waals surface area (Å²) >= 11 is 7.01. The Balaban J connectivity index is 4.28. The van der Waals surface area contributed by atoms with E-state index in [1.54, 1.807) is 41.5 Å². The first-order chi connectivity index (χ1) is 27.7. The molecule has 0 saturated carbocycles. The van der Waals surface area contributed by atoms with Crippen molar-refractivity contribution >= 4 is 72.4 Å². The van der Waals surface area contributed by atoms with Gasteiger partial charge >= 0.3 is 23.9 Å². The van der Waals surface area contributed by atoms with Crippen LogP contribution < -0.4 is 0 Å². The minimum Gasteiger partial charge on any atom is -0.465 e. The summed E-state index contributed by atoms with van der Waals surface area (Å²) in [5, 5.41) is 0. The molecule has 10 nitrogen and oxygen atoms in total. The molecule has 0 bridgehead atoms. The Morgan fingerprint density at radius 2 is 0.833 bits per heavy atom. The summed E-state index contributed by atoms with van der Waals surface area (Å²) in [6.45, 7) is 30.3. The molecule has 4 atom stereocenters. The van der Waals surface area contributed by atoms with Crippen LogP contribution in [-0.4, -0.2) is 88.8 Å². The van der Waals surface area contributed by atoms with Crippen molar-refractivity contribution in [2.45, 2.75) is 192 Å². The van der Waals surface area contributed by atoms with Gasteiger partial charge in [0.15, 0.2) is 16.6 Å². The summed E-state index contributed by atoms with van der Waals surface area (Å²) in [5.41, 5.74) is -0.647. The molecule has 0 aliphatic rings. The molecular weight excluding hydrogens is 928 g/mol. The van der Waals surface area contributed by atoms with Crippen molar-refractivity contribution in [3.8, 4) is 0 Å². The Hall–Kier alpha value is -1.33. The molecule has 0 spiro atoms. The molecule has 0 N–H and O–H groups in total. The summed E-state index contributed by atoms with van der Waals surface area (Å²) in [5.74, 6) is -1.52. The van der Waals surface area contributed by atoms with E-state index < -0.39 is 48.1 Å². The zero-order valence-electron chi connectivity index (χ0n) is 40.0. The number of rotatable bonds is 33. The highest BCUT2D eigenvalue weighted by Gasteiger charge is 2.43. The number of hydrogen-bond donors (Lipinski definition) is 0. The highest BCUT2D eigenvalue weighted by molar-refractivity contribution is 9.10. The maximum absolute atomic E-state index is 12.9. The van der Waals surface area contributed by atoms with Crippen LogP contribution in [0.1, 0.15) is 146 Å². The molecule has 0 radical (unpaired) electrons. The number of carbonyl (C=O) groups is 4. The van der Waals surface area contributed by atoms with E-state index in [-0.39, 0.29) is 51.2 Å². The number of hydrogen-bond acceptors (Lipinski definition) is 10. The molecule has 350 valence electrons. The Morgan fingerprint density at radius 1 is 0.500 bits per heavy atom. The van der Waals surface area contributed by atoms with Crippen molar-refractivity contribution in [1.29, 1.82) is 0 Å². The average Bonchev–Trinajstić information content (AvgIpc) is 3.15. The Bertz CT molecular complexity index is 1240. The molecule has 0 aliphatic heterocycles. The highest BCUT2D eigenvalue weighted by Crippen LogP contribution is 2.37. The molecule has 14 heteroatoms. The lowest BCUT2D eigenvalue weighted by atomic mass is 9.83. The molecule has 0 aromatic rings. The molecule has 0 saturated heterocycles. The van der Waals surface area contributed by atoms with E-state index in [0.29, 0.717) is 37.1 Å². The van der Waals surface area contributed by atoms with E-state index in [0.717, 1.165) is 51.4 Å². The smallest absolute Gasteiger partial charge is 0.322 e. The van der Waals surface area contributed by atoms with Crippen LogP contribution in [0.3, 0.4) is 0 Å². The minimum atomic E-state index is -1.74. The maximum atomic E-state index is 12.9. The van der Waals surface area contributed by atoms with Gasteiger partial charge in [-0.2, -0.15) is 0 Å². The van der Waals surface area contributed by atoms with E-state index in [1.807, 2.05) is 24.3 Å². The lowest BCUT2D eigenvalue weighted by molar-refractivity contribution is -0.156. The van der Waals surface area contributed by atoms with Crippen LogP contribution in [0.4, 0.5) is 0 Å². The summed E-state index contributed by atoms with van der Waals surface area (Å²) in [6, 6.07) is 0. The number of allylic oxidation sites excluding steroid dienone is 2. The van der Waals surface area contributed by atoms with Crippen LogP contribution in [0, 0.1) is 10.8 Å². The molecule has 60 heavy (non-hydrogen) atoms. The zero-order valence-corrected chi connectivity index (χ0v) is 45.2. The third-order valence-corrected chi connectivity index (χ3v) is 20.2. The monoisotopic (exact) mass is 1010 g/mol. The minimum absolute atomic E-state index is 0.186. The summed E-state index contributed by atoms with van der Waals surface area (Å²) in [6.07, 6.45) is 17.8. The molecule has 0 aliphatic carbocycles. The first-order valence-corrected chi connectivity index (χ1v) is 29.9. The zero-order chi connectivity index (χ0) is 46.3. The third-order valence-electron chi connectivity index (χ3n) is 11.5. The van der Waals surface area contributed by atoms with E-state index in [1.165, 1.54) is 0 Å². The van der Waals surface area contributed by atoms with Crippen molar-refractivity contribution in [3.05, 3.63) is 24.3 Å². The lowest BCUT2D eigenvalue weighted by Crippen LogP contribution is -2.40. The summed E-state index contributed by atoms with van der Waals surface area (Å²) < 4.78 is 32.4. The topological polar surface area (TPSA) is 124 Å². The molecule has 4 unspecified atom stereocenters. The number of unbranched alkanes of at least 4 members (excludes halogenated alkanes) is 5. The van der Waals surface area contributed by atoms with E-state index >= 15 is 0 Å². The second-order valence-electron chi connectivity index (χ2n) is 19.1. The average molecular weight is 1010 g/mol. The van der Waals surface area contributed by atoms with Crippen LogP contribution in [0.2, 0.25) is 37.3 Å². The van der Waals surface area contributed by atoms with Gasteiger partial charge in [-0.3, -0.25) is 19.2 Å². The van der Waals surface area contributed by atoms with Crippen LogP contribution >= 0.6 is 31.9 Å². The highest BCUT2D eigenvalue weighted by atomic mass is 79.9. The lowest BCUT2D eigenvalue weighted by Gasteiger charge is -2.30. The summed E-state index contributed by atoms with van der Waals surface area (Å²) in [4.78, 5) is 51.4. The second kappa shape index (κ2) is 28.5. The standard InChI is InChI=1S/C46H84Br2O10Si2/c1-15-37(3)59(11,12)57-33-27-31-55-41(51)45(9,47)35-43(5,6)39(49)53-29-25-23-21-19-17-18-20-22-24-26-30-54-40(50)44(7,8)36-46(10,48)42(52)56-32-28-34-58-60(13,14)38(4)16-2/h23-26,37-38H,15-22,27-36H2,1-14H3/b25-23+,26-24?. The number of alkyl halides is 2. The number of ether oxygens (including phenoxy) is 4. The van der Waals surface area contributed by atoms with Crippen LogP contribution in [-0.2, 0) is 47.0 Å². The van der Waals surface area contributed by atoms with E-state index in [2.05, 4.69) is 85.7 Å². The first kappa shape index (κ1) is 58.7. The predicted molar refractivity (Wildman–Crippen MR) is 257 cm³/mol. The molecule has 0 rings (SSSR count). The van der Waals surface area contributed by atoms with Gasteiger partial charge in [0.1, 0.15) is 21.9 Å². The fraction of sp³-hybridized carbons (Fsp3) is 0.826. The normalized spacial score (nSPS) is 15.9. The van der Waals surface area contributed by atoms with E-state index in [4.69, 9.17) is 27.8 Å². The predicted octanol–water partition coefficient (Wildman–Crippen LogP) is 12.6. The molecule has 0 amide bonds. The fourth-order valence-corrected chi connectivity index (χ4v) is 12.0. The Morgan fingerprint density at radius 3 is 1.15 bits per heavy atom. The fourth-order valence-electron chi connectivity index (χ4n) is 6.52. The molecule has 0 heterocycles. The molecule has 0 fully saturated rings. The summed E-state index contributed by atoms with van der Waals surface area (Å²) in [7, 11) is -3.49. The van der Waals surface area contributed by atoms with Crippen molar-refractivity contribution < 1.29 is 47.0 Å². The van der Waals surface area contributed by atoms with Gasteiger partial charge in [0.2, 0.25) is 0 Å². The molecule has 0 aromatic carbocycles. The number of esters is 4. The van der Waals surface area contributed by atoms with Gasteiger partial charge in [0.25, 0.3) is 0 Å². The largest absolute Gasteiger partial charge is 0.465 e. The number of carbonyl (C=O) groups excluding carboxylic acids is 4. The SMILES string of the molecule is CCC(C)[Si](C)(C)OCCCOC(=O)C(C)(Br)CC(C)(C)C(=O)OCC=CCCCCCC/C=C/COC(=O)C(C)(C)CC(C)(Br)C(=O)OCCCO[Si](C)(C)C(C)CC. The van der Waals surface area contributed by atoms with Gasteiger partial charge in [-0.15, -0.1) is 0 Å². The van der Waals surface area contributed by atoms with Crippen LogP contribution in [0.25, 0.3) is 0 Å². The maximum Gasteiger partial charge on any atom is 0.322 e. The quantitative estimate of drug-likeness (QED) is 0.0157. The molecular formula is C46H84Br2O10Si2. The van der Waals surface area contributed by atoms with Crippen molar-refractivity contribution in [3.63, 3.8) is 0 Å². The van der Waals surface area contributed by atoms with Crippen LogP contribution in [0.15, 0.2) is 24.3 Å². The van der Waals surface area contributed by atoms with Crippen molar-refractivity contribution in [1.82, 2.24) is 0 Å². The van der Waals surface area contributed by atoms with Gasteiger partial charge in [-0.1, -0.05) is 110 Å². The van der Waals surface area contributed by atoms with E-state index in [9.17, 15) is 19.2 Å².